The van der Waals surface area contributed by atoms with Crippen LogP contribution in [0.1, 0.15) is 38.2 Å². The summed E-state index contributed by atoms with van der Waals surface area (Å²) in [5.41, 5.74) is 1.21. The lowest BCUT2D eigenvalue weighted by Crippen LogP contribution is -2.32. The minimum atomic E-state index is -3.94. The van der Waals surface area contributed by atoms with Crippen molar-refractivity contribution in [3.05, 3.63) is 48.0 Å². The number of carbonyl (C=O) groups excluding carboxylic acids is 1. The average Bonchev–Trinajstić information content (AvgIpc) is 2.99. The molecular formula is C21H27N3O5S2. The average molecular weight is 466 g/mol. The van der Waals surface area contributed by atoms with Gasteiger partial charge in [0, 0.05) is 25.7 Å². The molecule has 0 aromatic heterocycles. The Morgan fingerprint density at radius 3 is 2.03 bits per heavy atom. The molecule has 1 aliphatic rings. The third-order valence-electron chi connectivity index (χ3n) is 5.11. The molecule has 0 aliphatic carbocycles. The second-order valence-corrected chi connectivity index (χ2v) is 11.2. The lowest BCUT2D eigenvalue weighted by Gasteiger charge is -2.21. The van der Waals surface area contributed by atoms with Crippen LogP contribution in [0.25, 0.3) is 0 Å². The highest BCUT2D eigenvalue weighted by Crippen LogP contribution is 2.27. The Labute approximate surface area is 183 Å². The molecule has 1 fully saturated rings. The fourth-order valence-corrected chi connectivity index (χ4v) is 6.31. The van der Waals surface area contributed by atoms with Crippen LogP contribution in [-0.4, -0.2) is 40.1 Å². The molecule has 0 unspecified atom stereocenters. The summed E-state index contributed by atoms with van der Waals surface area (Å²) in [7, 11) is -7.65. The lowest BCUT2D eigenvalue weighted by molar-refractivity contribution is -0.114. The molecule has 0 spiro atoms. The quantitative estimate of drug-likeness (QED) is 0.680. The molecule has 1 aliphatic heterocycles. The van der Waals surface area contributed by atoms with Crippen LogP contribution in [0.2, 0.25) is 0 Å². The Balaban J connectivity index is 1.86. The van der Waals surface area contributed by atoms with E-state index in [9.17, 15) is 21.6 Å². The smallest absolute Gasteiger partial charge is 0.261 e. The van der Waals surface area contributed by atoms with Gasteiger partial charge in [0.25, 0.3) is 10.0 Å². The Morgan fingerprint density at radius 2 is 1.45 bits per heavy atom. The number of amides is 1. The van der Waals surface area contributed by atoms with E-state index in [2.05, 4.69) is 10.0 Å². The first-order valence-electron chi connectivity index (χ1n) is 10.1. The van der Waals surface area contributed by atoms with Gasteiger partial charge in [0.2, 0.25) is 15.9 Å². The number of nitrogens with one attached hydrogen (secondary N) is 2. The van der Waals surface area contributed by atoms with E-state index in [0.29, 0.717) is 24.3 Å². The van der Waals surface area contributed by atoms with Crippen LogP contribution in [0, 0.1) is 6.92 Å². The molecule has 2 aromatic rings. The van der Waals surface area contributed by atoms with Gasteiger partial charge in [-0.3, -0.25) is 9.52 Å². The first kappa shape index (κ1) is 23.2. The summed E-state index contributed by atoms with van der Waals surface area (Å²) in [6, 6.07) is 10.2. The van der Waals surface area contributed by atoms with E-state index >= 15 is 0 Å². The summed E-state index contributed by atoms with van der Waals surface area (Å²) in [5, 5.41) is 2.57. The summed E-state index contributed by atoms with van der Waals surface area (Å²) in [4.78, 5) is 11.2. The van der Waals surface area contributed by atoms with Gasteiger partial charge in [0.05, 0.1) is 15.5 Å². The van der Waals surface area contributed by atoms with Gasteiger partial charge in [-0.1, -0.05) is 18.9 Å². The fourth-order valence-electron chi connectivity index (χ4n) is 3.50. The number of anilines is 2. The summed E-state index contributed by atoms with van der Waals surface area (Å²) >= 11 is 0. The third-order valence-corrected chi connectivity index (χ3v) is 8.55. The first-order valence-corrected chi connectivity index (χ1v) is 13.0. The summed E-state index contributed by atoms with van der Waals surface area (Å²) < 4.78 is 55.9. The molecule has 1 heterocycles. The van der Waals surface area contributed by atoms with Crippen molar-refractivity contribution < 1.29 is 21.6 Å². The van der Waals surface area contributed by atoms with Gasteiger partial charge in [-0.25, -0.2) is 16.8 Å². The predicted molar refractivity (Wildman–Crippen MR) is 120 cm³/mol. The Hall–Kier alpha value is -2.43. The van der Waals surface area contributed by atoms with Gasteiger partial charge >= 0.3 is 0 Å². The molecule has 0 radical (unpaired) electrons. The van der Waals surface area contributed by atoms with Crippen LogP contribution in [0.5, 0.6) is 0 Å². The van der Waals surface area contributed by atoms with Gasteiger partial charge < -0.3 is 5.32 Å². The molecule has 1 saturated heterocycles. The monoisotopic (exact) mass is 465 g/mol. The molecular weight excluding hydrogens is 438 g/mol. The van der Waals surface area contributed by atoms with Crippen molar-refractivity contribution in [1.82, 2.24) is 4.31 Å². The highest BCUT2D eigenvalue weighted by atomic mass is 32.2. The molecule has 31 heavy (non-hydrogen) atoms. The van der Waals surface area contributed by atoms with E-state index in [-0.39, 0.29) is 21.4 Å². The van der Waals surface area contributed by atoms with Crippen molar-refractivity contribution in [2.24, 2.45) is 0 Å². The van der Waals surface area contributed by atoms with Crippen molar-refractivity contribution in [1.29, 1.82) is 0 Å². The molecule has 10 heteroatoms. The van der Waals surface area contributed by atoms with Crippen LogP contribution in [0.3, 0.4) is 0 Å². The topological polar surface area (TPSA) is 113 Å². The zero-order chi connectivity index (χ0) is 22.6. The van der Waals surface area contributed by atoms with Crippen LogP contribution < -0.4 is 10.0 Å². The maximum absolute atomic E-state index is 13.2. The highest BCUT2D eigenvalue weighted by Gasteiger charge is 2.27. The van der Waals surface area contributed by atoms with Gasteiger partial charge in [0.1, 0.15) is 0 Å². The van der Waals surface area contributed by atoms with Gasteiger partial charge in [-0.2, -0.15) is 4.31 Å². The number of rotatable bonds is 6. The Morgan fingerprint density at radius 1 is 0.871 bits per heavy atom. The molecule has 0 atom stereocenters. The Kier molecular flexibility index (Phi) is 7.03. The normalized spacial score (nSPS) is 15.8. The van der Waals surface area contributed by atoms with E-state index in [1.807, 2.05) is 0 Å². The number of aryl methyl sites for hydroxylation is 1. The van der Waals surface area contributed by atoms with E-state index in [1.54, 1.807) is 19.1 Å². The van der Waals surface area contributed by atoms with Crippen LogP contribution >= 0.6 is 0 Å². The van der Waals surface area contributed by atoms with Crippen molar-refractivity contribution >= 4 is 37.3 Å². The predicted octanol–water partition coefficient (Wildman–Crippen LogP) is 3.32. The molecule has 2 N–H and O–H groups in total. The van der Waals surface area contributed by atoms with E-state index in [1.165, 1.54) is 41.6 Å². The van der Waals surface area contributed by atoms with Crippen molar-refractivity contribution in [3.8, 4) is 0 Å². The maximum Gasteiger partial charge on any atom is 0.261 e. The third kappa shape index (κ3) is 5.63. The second-order valence-electron chi connectivity index (χ2n) is 7.61. The largest absolute Gasteiger partial charge is 0.326 e. The number of sulfonamides is 2. The zero-order valence-electron chi connectivity index (χ0n) is 17.6. The number of hydrogen-bond donors (Lipinski definition) is 2. The first-order chi connectivity index (χ1) is 14.6. The number of carbonyl (C=O) groups is 1. The zero-order valence-corrected chi connectivity index (χ0v) is 19.2. The Bertz CT molecular complexity index is 1150. The SMILES string of the molecule is CC(=O)Nc1ccc(S(=O)(=O)Nc2ccc(C)c(S(=O)(=O)N3CCCCCC3)c2)cc1. The molecule has 168 valence electrons. The summed E-state index contributed by atoms with van der Waals surface area (Å²) in [6.45, 7) is 4.00. The van der Waals surface area contributed by atoms with E-state index < -0.39 is 20.0 Å². The molecule has 3 rings (SSSR count). The molecule has 0 saturated carbocycles. The highest BCUT2D eigenvalue weighted by molar-refractivity contribution is 7.92. The summed E-state index contributed by atoms with van der Waals surface area (Å²) in [6.07, 6.45) is 3.65. The van der Waals surface area contributed by atoms with E-state index in [0.717, 1.165) is 25.7 Å². The van der Waals surface area contributed by atoms with Crippen LogP contribution in [0.15, 0.2) is 52.3 Å². The standard InChI is InChI=1S/C21H27N3O5S2/c1-16-7-8-19(15-21(16)31(28,29)24-13-5-3-4-6-14-24)23-30(26,27)20-11-9-18(10-12-20)22-17(2)25/h7-12,15,23H,3-6,13-14H2,1-2H3,(H,22,25). The molecule has 2 aromatic carbocycles. The van der Waals surface area contributed by atoms with Gasteiger partial charge in [-0.05, 0) is 61.7 Å². The summed E-state index contributed by atoms with van der Waals surface area (Å²) in [5.74, 6) is -0.258. The minimum Gasteiger partial charge on any atom is -0.326 e. The van der Waals surface area contributed by atoms with Crippen LogP contribution in [0.4, 0.5) is 11.4 Å². The van der Waals surface area contributed by atoms with Crippen molar-refractivity contribution in [3.63, 3.8) is 0 Å². The van der Waals surface area contributed by atoms with Crippen molar-refractivity contribution in [2.45, 2.75) is 49.3 Å². The molecule has 0 bridgehead atoms. The fraction of sp³-hybridized carbons (Fsp3) is 0.381. The van der Waals surface area contributed by atoms with Gasteiger partial charge in [0.15, 0.2) is 0 Å². The molecule has 1 amide bonds. The minimum absolute atomic E-state index is 0.000831. The van der Waals surface area contributed by atoms with Crippen LogP contribution in [-0.2, 0) is 24.8 Å². The number of benzene rings is 2. The molecule has 8 nitrogen and oxygen atoms in total. The second kappa shape index (κ2) is 9.37. The van der Waals surface area contributed by atoms with E-state index in [4.69, 9.17) is 0 Å². The number of hydrogen-bond acceptors (Lipinski definition) is 5. The van der Waals surface area contributed by atoms with Crippen molar-refractivity contribution in [2.75, 3.05) is 23.1 Å². The lowest BCUT2D eigenvalue weighted by atomic mass is 10.2. The maximum atomic E-state index is 13.2. The number of nitrogens with zero attached hydrogens (tertiary/aromatic N) is 1. The van der Waals surface area contributed by atoms with Gasteiger partial charge in [-0.15, -0.1) is 0 Å².